The third kappa shape index (κ3) is 5.67. The maximum Gasteiger partial charge on any atom is 0.407 e. The van der Waals surface area contributed by atoms with Crippen molar-refractivity contribution in [2.75, 3.05) is 24.5 Å². The molecule has 2 aliphatic heterocycles. The van der Waals surface area contributed by atoms with Crippen molar-refractivity contribution in [1.82, 2.24) is 10.6 Å². The van der Waals surface area contributed by atoms with Crippen LogP contribution in [0.4, 0.5) is 15.3 Å². The molecule has 3 amide bonds. The van der Waals surface area contributed by atoms with Crippen molar-refractivity contribution in [2.24, 2.45) is 5.92 Å². The summed E-state index contributed by atoms with van der Waals surface area (Å²) in [4.78, 5) is 37.7. The van der Waals surface area contributed by atoms with Crippen LogP contribution in [0.15, 0.2) is 23.1 Å². The van der Waals surface area contributed by atoms with Crippen LogP contribution in [0, 0.1) is 5.92 Å². The predicted molar refractivity (Wildman–Crippen MR) is 115 cm³/mol. The zero-order valence-electron chi connectivity index (χ0n) is 16.6. The number of anilines is 1. The summed E-state index contributed by atoms with van der Waals surface area (Å²) >= 11 is 7.35. The predicted octanol–water partition coefficient (Wildman–Crippen LogP) is 4.01. The number of hydrogen-bond donors (Lipinski definition) is 2. The van der Waals surface area contributed by atoms with Crippen LogP contribution in [0.3, 0.4) is 0 Å². The van der Waals surface area contributed by atoms with Crippen LogP contribution >= 0.6 is 23.4 Å². The van der Waals surface area contributed by atoms with E-state index in [0.29, 0.717) is 23.0 Å². The number of thioether (sulfide) groups is 1. The standard InChI is InChI=1S/C20H24ClN3O4S/c1-20(2,3)28-18(26)22-10-12-7-8-24(11-12)16-13(5-4-6-14(16)21)9-15-17(25)23-19(27)29-15/h4-6,9,12H,7-8,10-11H2,1-3H3,(H,22,26)(H,23,25,27)/b15-9-/t12-/m1/s1. The highest BCUT2D eigenvalue weighted by molar-refractivity contribution is 8.18. The van der Waals surface area contributed by atoms with Gasteiger partial charge in [0.15, 0.2) is 0 Å². The molecule has 7 nitrogen and oxygen atoms in total. The van der Waals surface area contributed by atoms with Crippen LogP contribution in [0.25, 0.3) is 6.08 Å². The molecule has 156 valence electrons. The number of carbonyl (C=O) groups is 3. The van der Waals surface area contributed by atoms with Crippen molar-refractivity contribution in [3.8, 4) is 0 Å². The van der Waals surface area contributed by atoms with Gasteiger partial charge in [-0.25, -0.2) is 4.79 Å². The third-order valence-electron chi connectivity index (χ3n) is 4.48. The van der Waals surface area contributed by atoms with Crippen LogP contribution in [0.2, 0.25) is 5.02 Å². The summed E-state index contributed by atoms with van der Waals surface area (Å²) in [5.41, 5.74) is 1.08. The quantitative estimate of drug-likeness (QED) is 0.692. The van der Waals surface area contributed by atoms with E-state index in [9.17, 15) is 14.4 Å². The van der Waals surface area contributed by atoms with Gasteiger partial charge in [0, 0.05) is 25.2 Å². The second kappa shape index (κ2) is 8.67. The third-order valence-corrected chi connectivity index (χ3v) is 5.60. The van der Waals surface area contributed by atoms with Gasteiger partial charge in [0.1, 0.15) is 5.60 Å². The number of alkyl carbamates (subject to hydrolysis) is 1. The first-order valence-corrected chi connectivity index (χ1v) is 10.6. The molecule has 0 spiro atoms. The van der Waals surface area contributed by atoms with E-state index in [0.717, 1.165) is 36.0 Å². The molecule has 1 aromatic carbocycles. The van der Waals surface area contributed by atoms with Gasteiger partial charge in [-0.05, 0) is 57.0 Å². The van der Waals surface area contributed by atoms with Crippen molar-refractivity contribution >= 4 is 52.4 Å². The largest absolute Gasteiger partial charge is 0.444 e. The SMILES string of the molecule is CC(C)(C)OC(=O)NC[C@H]1CCN(c2c(Cl)cccc2/C=C2\SC(=O)NC2=O)C1. The minimum absolute atomic E-state index is 0.255. The van der Waals surface area contributed by atoms with Gasteiger partial charge in [-0.15, -0.1) is 0 Å². The first-order valence-electron chi connectivity index (χ1n) is 9.37. The van der Waals surface area contributed by atoms with E-state index in [4.69, 9.17) is 16.3 Å². The number of hydrogen-bond acceptors (Lipinski definition) is 6. The Balaban J connectivity index is 1.69. The number of rotatable bonds is 4. The summed E-state index contributed by atoms with van der Waals surface area (Å²) in [7, 11) is 0. The van der Waals surface area contributed by atoms with Crippen molar-refractivity contribution in [3.05, 3.63) is 33.7 Å². The average Bonchev–Trinajstić information content (AvgIpc) is 3.18. The molecule has 2 saturated heterocycles. The van der Waals surface area contributed by atoms with Crippen LogP contribution in [-0.2, 0) is 9.53 Å². The molecule has 0 aliphatic carbocycles. The monoisotopic (exact) mass is 437 g/mol. The topological polar surface area (TPSA) is 87.7 Å². The van der Waals surface area contributed by atoms with E-state index in [1.54, 1.807) is 12.1 Å². The van der Waals surface area contributed by atoms with Gasteiger partial charge in [-0.2, -0.15) is 0 Å². The Hall–Kier alpha value is -2.19. The molecule has 3 rings (SSSR count). The van der Waals surface area contributed by atoms with Crippen LogP contribution in [0.5, 0.6) is 0 Å². The highest BCUT2D eigenvalue weighted by Crippen LogP contribution is 2.36. The fourth-order valence-corrected chi connectivity index (χ4v) is 4.26. The molecular weight excluding hydrogens is 414 g/mol. The van der Waals surface area contributed by atoms with Crippen molar-refractivity contribution in [1.29, 1.82) is 0 Å². The van der Waals surface area contributed by atoms with E-state index < -0.39 is 17.6 Å². The molecule has 1 atom stereocenters. The number of carbonyl (C=O) groups excluding carboxylic acids is 3. The molecule has 0 unspecified atom stereocenters. The van der Waals surface area contributed by atoms with Gasteiger partial charge in [-0.3, -0.25) is 14.9 Å². The van der Waals surface area contributed by atoms with Crippen molar-refractivity contribution < 1.29 is 19.1 Å². The lowest BCUT2D eigenvalue weighted by Gasteiger charge is -2.23. The Morgan fingerprint density at radius 2 is 2.17 bits per heavy atom. The Bertz CT molecular complexity index is 866. The summed E-state index contributed by atoms with van der Waals surface area (Å²) in [6.07, 6.45) is 2.16. The van der Waals surface area contributed by atoms with Gasteiger partial charge in [0.05, 0.1) is 15.6 Å². The molecule has 2 N–H and O–H groups in total. The Morgan fingerprint density at radius 3 is 2.83 bits per heavy atom. The molecule has 2 heterocycles. The van der Waals surface area contributed by atoms with Crippen LogP contribution < -0.4 is 15.5 Å². The number of nitrogens with one attached hydrogen (secondary N) is 2. The fraction of sp³-hybridized carbons (Fsp3) is 0.450. The van der Waals surface area contributed by atoms with Gasteiger partial charge in [0.2, 0.25) is 0 Å². The maximum atomic E-state index is 11.9. The zero-order chi connectivity index (χ0) is 21.2. The van der Waals surface area contributed by atoms with E-state index in [-0.39, 0.29) is 11.2 Å². The lowest BCUT2D eigenvalue weighted by molar-refractivity contribution is -0.115. The number of imide groups is 1. The Morgan fingerprint density at radius 1 is 1.41 bits per heavy atom. The van der Waals surface area contributed by atoms with Crippen LogP contribution in [-0.4, -0.2) is 42.5 Å². The zero-order valence-corrected chi connectivity index (χ0v) is 18.2. The molecule has 2 fully saturated rings. The number of halogens is 1. The molecule has 0 saturated carbocycles. The first-order chi connectivity index (χ1) is 13.6. The fourth-order valence-electron chi connectivity index (χ4n) is 3.29. The second-order valence-corrected chi connectivity index (χ2v) is 9.44. The Labute approximate surface area is 179 Å². The molecule has 9 heteroatoms. The highest BCUT2D eigenvalue weighted by Gasteiger charge is 2.29. The van der Waals surface area contributed by atoms with Crippen molar-refractivity contribution in [2.45, 2.75) is 32.8 Å². The van der Waals surface area contributed by atoms with Gasteiger partial charge in [-0.1, -0.05) is 23.7 Å². The van der Waals surface area contributed by atoms with Crippen LogP contribution in [0.1, 0.15) is 32.8 Å². The number of nitrogens with zero attached hydrogens (tertiary/aromatic N) is 1. The van der Waals surface area contributed by atoms with Gasteiger partial charge in [0.25, 0.3) is 11.1 Å². The molecule has 29 heavy (non-hydrogen) atoms. The molecule has 0 bridgehead atoms. The molecule has 2 aliphatic rings. The van der Waals surface area contributed by atoms with E-state index in [1.807, 2.05) is 32.9 Å². The number of para-hydroxylation sites is 1. The lowest BCUT2D eigenvalue weighted by Crippen LogP contribution is -2.36. The summed E-state index contributed by atoms with van der Waals surface area (Å²) in [5, 5.41) is 5.29. The molecular formula is C20H24ClN3O4S. The number of amides is 3. The molecule has 1 aromatic rings. The first kappa shape index (κ1) is 21.5. The smallest absolute Gasteiger partial charge is 0.407 e. The lowest BCUT2D eigenvalue weighted by atomic mass is 10.1. The maximum absolute atomic E-state index is 11.9. The molecule has 0 radical (unpaired) electrons. The van der Waals surface area contributed by atoms with Gasteiger partial charge >= 0.3 is 6.09 Å². The average molecular weight is 438 g/mol. The van der Waals surface area contributed by atoms with Gasteiger partial charge < -0.3 is 15.0 Å². The summed E-state index contributed by atoms with van der Waals surface area (Å²) < 4.78 is 5.28. The summed E-state index contributed by atoms with van der Waals surface area (Å²) in [6.45, 7) is 7.49. The number of benzene rings is 1. The summed E-state index contributed by atoms with van der Waals surface area (Å²) in [5.74, 6) is -0.142. The van der Waals surface area contributed by atoms with Crippen molar-refractivity contribution in [3.63, 3.8) is 0 Å². The minimum Gasteiger partial charge on any atom is -0.444 e. The normalized spacial score (nSPS) is 20.9. The Kier molecular flexibility index (Phi) is 6.43. The van der Waals surface area contributed by atoms with E-state index in [1.165, 1.54) is 0 Å². The minimum atomic E-state index is -0.530. The summed E-state index contributed by atoms with van der Waals surface area (Å²) in [6, 6.07) is 5.49. The highest BCUT2D eigenvalue weighted by atomic mass is 35.5. The number of ether oxygens (including phenoxy) is 1. The van der Waals surface area contributed by atoms with E-state index >= 15 is 0 Å². The van der Waals surface area contributed by atoms with E-state index in [2.05, 4.69) is 15.5 Å². The second-order valence-electron chi connectivity index (χ2n) is 8.01. The molecule has 0 aromatic heterocycles.